The molecule has 6 nitrogen and oxygen atoms in total. The highest BCUT2D eigenvalue weighted by Gasteiger charge is 2.35. The highest BCUT2D eigenvalue weighted by Crippen LogP contribution is 2.47. The molecule has 2 amide bonds. The number of hydrogen-bond donors (Lipinski definition) is 1. The van der Waals surface area contributed by atoms with E-state index < -0.39 is 5.41 Å². The molecule has 0 saturated heterocycles. The summed E-state index contributed by atoms with van der Waals surface area (Å²) >= 11 is 3.47. The average molecular weight is 591 g/mol. The van der Waals surface area contributed by atoms with Gasteiger partial charge in [-0.25, -0.2) is 0 Å². The molecule has 39 heavy (non-hydrogen) atoms. The molecule has 4 rings (SSSR count). The van der Waals surface area contributed by atoms with Gasteiger partial charge in [0.05, 0.1) is 11.1 Å². The molecule has 0 bridgehead atoms. The fourth-order valence-electron chi connectivity index (χ4n) is 5.55. The smallest absolute Gasteiger partial charge is 0.261 e. The summed E-state index contributed by atoms with van der Waals surface area (Å²) in [4.78, 5) is 26.0. The summed E-state index contributed by atoms with van der Waals surface area (Å²) in [6, 6.07) is 17.2. The van der Waals surface area contributed by atoms with E-state index in [1.165, 1.54) is 7.05 Å². The maximum atomic E-state index is 12.5. The fraction of sp³-hybridized carbons (Fsp3) is 0.375. The second kappa shape index (κ2) is 10.0. The zero-order valence-corrected chi connectivity index (χ0v) is 25.5. The van der Waals surface area contributed by atoms with Crippen LogP contribution in [0.5, 0.6) is 5.75 Å². The number of halogens is 1. The zero-order chi connectivity index (χ0) is 28.9. The number of nitrogens with zero attached hydrogens (tertiary/aromatic N) is 3. The Morgan fingerprint density at radius 2 is 1.36 bits per heavy atom. The molecule has 0 spiro atoms. The quantitative estimate of drug-likeness (QED) is 0.230. The molecule has 0 aromatic heterocycles. The van der Waals surface area contributed by atoms with E-state index in [0.29, 0.717) is 21.4 Å². The number of carbonyl (C=O) groups excluding carboxylic acids is 2. The molecule has 3 aromatic rings. The van der Waals surface area contributed by atoms with E-state index in [0.717, 1.165) is 28.0 Å². The van der Waals surface area contributed by atoms with Crippen molar-refractivity contribution >= 4 is 39.1 Å². The minimum Gasteiger partial charge on any atom is -0.505 e. The Bertz CT molecular complexity index is 1480. The molecule has 7 heteroatoms. The SMILES string of the molecule is CN1C(=O)c2cc(Br)c(/N=N/c3cc(C(C)(C)CC(C)(C)C)cc(C(C)(C)c4ccccc4)c3O)cc2C1=O. The van der Waals surface area contributed by atoms with Crippen molar-refractivity contribution in [1.29, 1.82) is 0 Å². The first-order chi connectivity index (χ1) is 18.0. The predicted molar refractivity (Wildman–Crippen MR) is 159 cm³/mol. The third-order valence-corrected chi connectivity index (χ3v) is 8.07. The Balaban J connectivity index is 1.87. The summed E-state index contributed by atoms with van der Waals surface area (Å²) in [5.41, 5.74) is 3.62. The topological polar surface area (TPSA) is 82.3 Å². The Hall–Kier alpha value is -3.32. The van der Waals surface area contributed by atoms with Gasteiger partial charge in [-0.15, -0.1) is 10.2 Å². The molecule has 0 fully saturated rings. The van der Waals surface area contributed by atoms with Crippen LogP contribution in [-0.2, 0) is 10.8 Å². The first kappa shape index (κ1) is 28.7. The van der Waals surface area contributed by atoms with E-state index in [4.69, 9.17) is 0 Å². The van der Waals surface area contributed by atoms with E-state index >= 15 is 0 Å². The number of fused-ring (bicyclic) bond motifs is 1. The lowest BCUT2D eigenvalue weighted by Crippen LogP contribution is -2.26. The standard InChI is InChI=1S/C32H36BrN3O3/c1-30(2,3)18-31(4,5)20-14-23(32(6,7)19-12-10-9-11-13-19)27(37)26(15-20)35-34-25-17-22-21(16-24(25)33)28(38)36(8)29(22)39/h9-17,37H,18H2,1-8H3/b35-34+. The van der Waals surface area contributed by atoms with Gasteiger partial charge in [0.1, 0.15) is 17.1 Å². The number of azo groups is 1. The summed E-state index contributed by atoms with van der Waals surface area (Å²) in [6.45, 7) is 15.3. The number of benzene rings is 3. The van der Waals surface area contributed by atoms with Crippen LogP contribution in [-0.4, -0.2) is 28.9 Å². The first-order valence-corrected chi connectivity index (χ1v) is 13.8. The van der Waals surface area contributed by atoms with Crippen molar-refractivity contribution in [3.05, 3.63) is 86.9 Å². The lowest BCUT2D eigenvalue weighted by molar-refractivity contribution is 0.0693. The molecule has 1 aliphatic rings. The average Bonchev–Trinajstić information content (AvgIpc) is 3.05. The summed E-state index contributed by atoms with van der Waals surface area (Å²) in [5.74, 6) is -0.663. The summed E-state index contributed by atoms with van der Waals surface area (Å²) in [7, 11) is 1.46. The fourth-order valence-corrected chi connectivity index (χ4v) is 5.98. The van der Waals surface area contributed by atoms with Crippen molar-refractivity contribution in [2.75, 3.05) is 7.05 Å². The molecular weight excluding hydrogens is 554 g/mol. The van der Waals surface area contributed by atoms with Gasteiger partial charge in [0, 0.05) is 22.5 Å². The number of aromatic hydroxyl groups is 1. The zero-order valence-electron chi connectivity index (χ0n) is 23.9. The largest absolute Gasteiger partial charge is 0.505 e. The molecule has 1 heterocycles. The van der Waals surface area contributed by atoms with Crippen LogP contribution in [0.15, 0.2) is 69.3 Å². The maximum Gasteiger partial charge on any atom is 0.261 e. The molecule has 0 aliphatic carbocycles. The molecular formula is C32H36BrN3O3. The molecule has 1 aliphatic heterocycles. The van der Waals surface area contributed by atoms with Crippen LogP contribution >= 0.6 is 15.9 Å². The molecule has 204 valence electrons. The van der Waals surface area contributed by atoms with Crippen LogP contribution in [0, 0.1) is 5.41 Å². The molecule has 1 N–H and O–H groups in total. The van der Waals surface area contributed by atoms with Crippen molar-refractivity contribution in [2.24, 2.45) is 15.6 Å². The first-order valence-electron chi connectivity index (χ1n) is 13.0. The Labute approximate surface area is 239 Å². The number of hydrogen-bond acceptors (Lipinski definition) is 5. The number of phenols is 1. The summed E-state index contributed by atoms with van der Waals surface area (Å²) < 4.78 is 0.537. The van der Waals surface area contributed by atoms with Crippen molar-refractivity contribution < 1.29 is 14.7 Å². The van der Waals surface area contributed by atoms with Crippen LogP contribution in [0.25, 0.3) is 0 Å². The van der Waals surface area contributed by atoms with Gasteiger partial charge < -0.3 is 5.11 Å². The highest BCUT2D eigenvalue weighted by molar-refractivity contribution is 9.10. The Kier molecular flexibility index (Phi) is 7.36. The van der Waals surface area contributed by atoms with Crippen molar-refractivity contribution in [3.63, 3.8) is 0 Å². The number of imide groups is 1. The molecule has 0 radical (unpaired) electrons. The van der Waals surface area contributed by atoms with Crippen LogP contribution < -0.4 is 0 Å². The minimum absolute atomic E-state index is 0.0613. The van der Waals surface area contributed by atoms with Gasteiger partial charge in [-0.05, 0) is 62.5 Å². The van der Waals surface area contributed by atoms with Crippen molar-refractivity contribution in [3.8, 4) is 5.75 Å². The van der Waals surface area contributed by atoms with Gasteiger partial charge in [0.2, 0.25) is 0 Å². The van der Waals surface area contributed by atoms with Crippen LogP contribution in [0.3, 0.4) is 0 Å². The molecule has 3 aromatic carbocycles. The molecule has 0 atom stereocenters. The van der Waals surface area contributed by atoms with Gasteiger partial charge in [0.15, 0.2) is 0 Å². The van der Waals surface area contributed by atoms with Gasteiger partial charge in [0.25, 0.3) is 11.8 Å². The maximum absolute atomic E-state index is 12.5. The number of rotatable bonds is 6. The van der Waals surface area contributed by atoms with Gasteiger partial charge in [-0.1, -0.05) is 84.9 Å². The van der Waals surface area contributed by atoms with E-state index in [1.807, 2.05) is 24.3 Å². The number of amides is 2. The second-order valence-corrected chi connectivity index (χ2v) is 13.6. The third-order valence-electron chi connectivity index (χ3n) is 7.43. The number of phenolic OH excluding ortho intramolecular Hbond substituents is 1. The van der Waals surface area contributed by atoms with Crippen molar-refractivity contribution in [2.45, 2.75) is 65.7 Å². The van der Waals surface area contributed by atoms with E-state index in [2.05, 4.69) is 92.8 Å². The van der Waals surface area contributed by atoms with Crippen LogP contribution in [0.4, 0.5) is 11.4 Å². The van der Waals surface area contributed by atoms with Crippen LogP contribution in [0.1, 0.15) is 92.3 Å². The Morgan fingerprint density at radius 1 is 0.795 bits per heavy atom. The molecule has 0 saturated carbocycles. The normalized spacial score (nSPS) is 14.4. The molecule has 0 unspecified atom stereocenters. The summed E-state index contributed by atoms with van der Waals surface area (Å²) in [6.07, 6.45) is 0.923. The minimum atomic E-state index is -0.505. The predicted octanol–water partition coefficient (Wildman–Crippen LogP) is 8.84. The van der Waals surface area contributed by atoms with E-state index in [9.17, 15) is 14.7 Å². The van der Waals surface area contributed by atoms with Crippen molar-refractivity contribution in [1.82, 2.24) is 4.90 Å². The summed E-state index contributed by atoms with van der Waals surface area (Å²) in [5, 5.41) is 20.5. The third kappa shape index (κ3) is 5.55. The van der Waals surface area contributed by atoms with Crippen LogP contribution in [0.2, 0.25) is 0 Å². The van der Waals surface area contributed by atoms with E-state index in [-0.39, 0.29) is 34.0 Å². The van der Waals surface area contributed by atoms with Gasteiger partial charge in [-0.3, -0.25) is 14.5 Å². The highest BCUT2D eigenvalue weighted by atomic mass is 79.9. The lowest BCUT2D eigenvalue weighted by Gasteiger charge is -2.35. The lowest BCUT2D eigenvalue weighted by atomic mass is 9.70. The number of carbonyl (C=O) groups is 2. The van der Waals surface area contributed by atoms with Gasteiger partial charge >= 0.3 is 0 Å². The Morgan fingerprint density at radius 3 is 1.95 bits per heavy atom. The second-order valence-electron chi connectivity index (χ2n) is 12.7. The van der Waals surface area contributed by atoms with E-state index in [1.54, 1.807) is 12.1 Å². The monoisotopic (exact) mass is 589 g/mol. The van der Waals surface area contributed by atoms with Gasteiger partial charge in [-0.2, -0.15) is 0 Å².